The molecule has 1 atom stereocenters. The van der Waals surface area contributed by atoms with Gasteiger partial charge in [0.2, 0.25) is 0 Å². The highest BCUT2D eigenvalue weighted by molar-refractivity contribution is 5.85. The second-order valence-corrected chi connectivity index (χ2v) is 6.93. The van der Waals surface area contributed by atoms with Crippen LogP contribution >= 0.6 is 0 Å². The van der Waals surface area contributed by atoms with Gasteiger partial charge in [-0.15, -0.1) is 6.42 Å². The van der Waals surface area contributed by atoms with E-state index in [9.17, 15) is 4.79 Å². The number of nitrogens with zero attached hydrogens (tertiary/aromatic N) is 1. The molecule has 1 heterocycles. The van der Waals surface area contributed by atoms with Gasteiger partial charge < -0.3 is 10.1 Å². The fourth-order valence-electron chi connectivity index (χ4n) is 2.48. The number of hydrogen-bond donors (Lipinski definition) is 1. The van der Waals surface area contributed by atoms with Gasteiger partial charge in [0.1, 0.15) is 5.75 Å². The van der Waals surface area contributed by atoms with Gasteiger partial charge in [-0.1, -0.05) is 12.8 Å². The summed E-state index contributed by atoms with van der Waals surface area (Å²) in [6.07, 6.45) is 7.17. The van der Waals surface area contributed by atoms with Crippen molar-refractivity contribution in [2.75, 3.05) is 0 Å². The lowest BCUT2D eigenvalue weighted by molar-refractivity contribution is -0.129. The van der Waals surface area contributed by atoms with Crippen LogP contribution < -0.4 is 10.1 Å². The third-order valence-electron chi connectivity index (χ3n) is 3.55. The van der Waals surface area contributed by atoms with Crippen LogP contribution in [-0.4, -0.2) is 22.5 Å². The van der Waals surface area contributed by atoms with Crippen LogP contribution in [0, 0.1) is 19.3 Å². The number of terminal acetylenes is 1. The van der Waals surface area contributed by atoms with E-state index in [1.165, 1.54) is 0 Å². The Kier molecular flexibility index (Phi) is 5.14. The highest BCUT2D eigenvalue weighted by Crippen LogP contribution is 2.25. The van der Waals surface area contributed by atoms with Crippen LogP contribution in [0.2, 0.25) is 0 Å². The van der Waals surface area contributed by atoms with E-state index in [4.69, 9.17) is 11.2 Å². The summed E-state index contributed by atoms with van der Waals surface area (Å²) in [5.41, 5.74) is 2.29. The van der Waals surface area contributed by atoms with E-state index in [-0.39, 0.29) is 11.4 Å². The van der Waals surface area contributed by atoms with Crippen LogP contribution in [0.5, 0.6) is 5.75 Å². The van der Waals surface area contributed by atoms with Gasteiger partial charge >= 0.3 is 0 Å². The van der Waals surface area contributed by atoms with Gasteiger partial charge in [-0.25, -0.2) is 0 Å². The van der Waals surface area contributed by atoms with Crippen molar-refractivity contribution in [3.63, 3.8) is 0 Å². The summed E-state index contributed by atoms with van der Waals surface area (Å²) < 4.78 is 5.94. The van der Waals surface area contributed by atoms with E-state index < -0.39 is 6.10 Å². The summed E-state index contributed by atoms with van der Waals surface area (Å²) in [7, 11) is 0. The van der Waals surface area contributed by atoms with E-state index in [0.717, 1.165) is 22.0 Å². The minimum atomic E-state index is -0.537. The van der Waals surface area contributed by atoms with Gasteiger partial charge in [-0.2, -0.15) is 0 Å². The number of benzene rings is 1. The summed E-state index contributed by atoms with van der Waals surface area (Å²) in [6.45, 7) is 9.74. The highest BCUT2D eigenvalue weighted by atomic mass is 16.5. The number of aryl methyl sites for hydroxylation is 1. The number of aromatic nitrogens is 1. The van der Waals surface area contributed by atoms with Crippen molar-refractivity contribution in [2.45, 2.75) is 52.7 Å². The van der Waals surface area contributed by atoms with Gasteiger partial charge in [-0.3, -0.25) is 9.78 Å². The number of hydrogen-bond acceptors (Lipinski definition) is 3. The molecule has 0 aliphatic heterocycles. The van der Waals surface area contributed by atoms with Gasteiger partial charge in [-0.05, 0) is 57.9 Å². The zero-order valence-corrected chi connectivity index (χ0v) is 14.9. The quantitative estimate of drug-likeness (QED) is 0.874. The SMILES string of the molecule is C#Cc1cnc2c(C)cc(OC(CC)C(=O)NC(C)(C)C)cc2c1. The Morgan fingerprint density at radius 2 is 2.08 bits per heavy atom. The Morgan fingerprint density at radius 1 is 1.38 bits per heavy atom. The van der Waals surface area contributed by atoms with Crippen LogP contribution in [0.15, 0.2) is 24.4 Å². The van der Waals surface area contributed by atoms with Crippen LogP contribution in [0.25, 0.3) is 10.9 Å². The first-order valence-corrected chi connectivity index (χ1v) is 8.09. The Balaban J connectivity index is 2.31. The van der Waals surface area contributed by atoms with E-state index in [1.54, 1.807) is 6.20 Å². The molecule has 2 aromatic rings. The summed E-state index contributed by atoms with van der Waals surface area (Å²) in [4.78, 5) is 16.8. The van der Waals surface area contributed by atoms with Gasteiger partial charge in [0.05, 0.1) is 5.52 Å². The Morgan fingerprint density at radius 3 is 2.67 bits per heavy atom. The molecule has 0 fully saturated rings. The first-order chi connectivity index (χ1) is 11.2. The Bertz CT molecular complexity index is 798. The molecule has 1 aromatic carbocycles. The third kappa shape index (κ3) is 4.26. The Labute approximate surface area is 143 Å². The topological polar surface area (TPSA) is 51.2 Å². The molecule has 24 heavy (non-hydrogen) atoms. The monoisotopic (exact) mass is 324 g/mol. The molecule has 1 aromatic heterocycles. The lowest BCUT2D eigenvalue weighted by Crippen LogP contribution is -2.47. The summed E-state index contributed by atoms with van der Waals surface area (Å²) in [5, 5.41) is 3.87. The van der Waals surface area contributed by atoms with Gasteiger partial charge in [0.15, 0.2) is 6.10 Å². The van der Waals surface area contributed by atoms with Crippen molar-refractivity contribution in [1.82, 2.24) is 10.3 Å². The van der Waals surface area contributed by atoms with Crippen molar-refractivity contribution in [3.8, 4) is 18.1 Å². The first-order valence-electron chi connectivity index (χ1n) is 8.09. The molecule has 0 aliphatic rings. The van der Waals surface area contributed by atoms with Crippen LogP contribution in [0.4, 0.5) is 0 Å². The molecule has 0 saturated carbocycles. The molecule has 0 aliphatic carbocycles. The lowest BCUT2D eigenvalue weighted by atomic mass is 10.1. The summed E-state index contributed by atoms with van der Waals surface area (Å²) in [6, 6.07) is 5.68. The zero-order chi connectivity index (χ0) is 17.9. The standard InChI is InChI=1S/C20H24N2O2/c1-7-14-10-15-11-16(9-13(3)18(15)21-12-14)24-17(8-2)19(23)22-20(4,5)6/h1,9-12,17H,8H2,2-6H3,(H,22,23). The normalized spacial score (nSPS) is 12.5. The summed E-state index contributed by atoms with van der Waals surface area (Å²) in [5.74, 6) is 3.12. The van der Waals surface area contributed by atoms with Crippen molar-refractivity contribution < 1.29 is 9.53 Å². The fraction of sp³-hybridized carbons (Fsp3) is 0.400. The molecule has 1 unspecified atom stereocenters. The number of amides is 1. The van der Waals surface area contributed by atoms with E-state index >= 15 is 0 Å². The van der Waals surface area contributed by atoms with Gasteiger partial charge in [0, 0.05) is 22.7 Å². The summed E-state index contributed by atoms with van der Waals surface area (Å²) >= 11 is 0. The number of rotatable bonds is 4. The van der Waals surface area contributed by atoms with Crippen molar-refractivity contribution >= 4 is 16.8 Å². The van der Waals surface area contributed by atoms with Crippen LogP contribution in [0.1, 0.15) is 45.2 Å². The molecule has 1 N–H and O–H groups in total. The van der Waals surface area contributed by atoms with Crippen molar-refractivity contribution in [2.24, 2.45) is 0 Å². The lowest BCUT2D eigenvalue weighted by Gasteiger charge is -2.25. The van der Waals surface area contributed by atoms with Crippen LogP contribution in [0.3, 0.4) is 0 Å². The first kappa shape index (κ1) is 17.8. The maximum atomic E-state index is 12.4. The zero-order valence-electron chi connectivity index (χ0n) is 14.9. The van der Waals surface area contributed by atoms with Crippen molar-refractivity contribution in [1.29, 1.82) is 0 Å². The number of pyridine rings is 1. The third-order valence-corrected chi connectivity index (χ3v) is 3.55. The molecule has 0 saturated heterocycles. The molecule has 0 spiro atoms. The maximum absolute atomic E-state index is 12.4. The van der Waals surface area contributed by atoms with E-state index in [0.29, 0.717) is 12.2 Å². The molecular weight excluding hydrogens is 300 g/mol. The molecule has 0 bridgehead atoms. The van der Waals surface area contributed by atoms with Crippen molar-refractivity contribution in [3.05, 3.63) is 35.5 Å². The number of nitrogens with one attached hydrogen (secondary N) is 1. The highest BCUT2D eigenvalue weighted by Gasteiger charge is 2.23. The number of carbonyl (C=O) groups is 1. The molecule has 0 radical (unpaired) electrons. The van der Waals surface area contributed by atoms with Gasteiger partial charge in [0.25, 0.3) is 5.91 Å². The number of fused-ring (bicyclic) bond motifs is 1. The predicted octanol–water partition coefficient (Wildman–Crippen LogP) is 3.60. The fourth-order valence-corrected chi connectivity index (χ4v) is 2.48. The average molecular weight is 324 g/mol. The molecule has 4 heteroatoms. The Hall–Kier alpha value is -2.54. The second-order valence-electron chi connectivity index (χ2n) is 6.93. The largest absolute Gasteiger partial charge is 0.481 e. The second kappa shape index (κ2) is 6.92. The minimum Gasteiger partial charge on any atom is -0.481 e. The minimum absolute atomic E-state index is 0.113. The predicted molar refractivity (Wildman–Crippen MR) is 97.0 cm³/mol. The van der Waals surface area contributed by atoms with Crippen LogP contribution in [-0.2, 0) is 4.79 Å². The van der Waals surface area contributed by atoms with E-state index in [1.807, 2.05) is 52.8 Å². The smallest absolute Gasteiger partial charge is 0.261 e. The number of ether oxygens (including phenoxy) is 1. The maximum Gasteiger partial charge on any atom is 0.261 e. The molecular formula is C20H24N2O2. The number of carbonyl (C=O) groups excluding carboxylic acids is 1. The molecule has 4 nitrogen and oxygen atoms in total. The molecule has 126 valence electrons. The molecule has 2 rings (SSSR count). The molecule has 1 amide bonds. The van der Waals surface area contributed by atoms with E-state index in [2.05, 4.69) is 16.2 Å². The average Bonchev–Trinajstić information content (AvgIpc) is 2.50.